The molecule has 122 valence electrons. The molecule has 1 aliphatic carbocycles. The Morgan fingerprint density at radius 2 is 2.32 bits per heavy atom. The number of rotatable bonds is 7. The highest BCUT2D eigenvalue weighted by atomic mass is 16.5. The molecular weight excluding hydrogens is 286 g/mol. The third-order valence-electron chi connectivity index (χ3n) is 4.02. The number of hydrogen-bond donors (Lipinski definition) is 3. The van der Waals surface area contributed by atoms with Crippen molar-refractivity contribution in [2.24, 2.45) is 5.92 Å². The van der Waals surface area contributed by atoms with E-state index in [0.717, 1.165) is 18.9 Å². The number of amides is 1. The van der Waals surface area contributed by atoms with E-state index in [2.05, 4.69) is 20.5 Å². The molecule has 4 N–H and O–H groups in total. The number of aryl methyl sites for hydroxylation is 1. The van der Waals surface area contributed by atoms with E-state index in [1.54, 1.807) is 0 Å². The topological polar surface area (TPSA) is 115 Å². The molecule has 8 nitrogen and oxygen atoms in total. The number of aromatic nitrogens is 3. The molecule has 0 unspecified atom stereocenters. The van der Waals surface area contributed by atoms with Crippen LogP contribution < -0.4 is 11.1 Å². The third kappa shape index (κ3) is 4.41. The van der Waals surface area contributed by atoms with Gasteiger partial charge in [0.1, 0.15) is 5.82 Å². The van der Waals surface area contributed by atoms with Gasteiger partial charge in [0.05, 0.1) is 18.8 Å². The first kappa shape index (κ1) is 15.2. The molecule has 1 saturated carbocycles. The normalized spacial score (nSPS) is 25.1. The van der Waals surface area contributed by atoms with Gasteiger partial charge in [-0.2, -0.15) is 4.98 Å². The Hall–Kier alpha value is -1.67. The van der Waals surface area contributed by atoms with Crippen molar-refractivity contribution in [2.75, 3.05) is 25.6 Å². The lowest BCUT2D eigenvalue weighted by molar-refractivity contribution is -0.126. The quantitative estimate of drug-likeness (QED) is 0.654. The van der Waals surface area contributed by atoms with Gasteiger partial charge in [-0.05, 0) is 25.2 Å². The fourth-order valence-corrected chi connectivity index (χ4v) is 2.53. The standard InChI is InChI=1S/C14H23N5O3/c15-14-17-12(18-19-14)3-4-13(20)16-10-8-21-6-5-11(10)22-7-9-1-2-9/h9-11H,1-8H2,(H,16,20)(H3,15,17,18,19)/t10-,11+/m1/s1. The molecule has 1 aromatic heterocycles. The fourth-order valence-electron chi connectivity index (χ4n) is 2.53. The maximum Gasteiger partial charge on any atom is 0.239 e. The highest BCUT2D eigenvalue weighted by molar-refractivity contribution is 5.76. The van der Waals surface area contributed by atoms with Gasteiger partial charge >= 0.3 is 0 Å². The molecule has 2 aliphatic rings. The second-order valence-corrected chi connectivity index (χ2v) is 5.99. The third-order valence-corrected chi connectivity index (χ3v) is 4.02. The summed E-state index contributed by atoms with van der Waals surface area (Å²) in [4.78, 5) is 16.1. The summed E-state index contributed by atoms with van der Waals surface area (Å²) in [5, 5.41) is 9.44. The molecule has 0 spiro atoms. The number of hydrogen-bond acceptors (Lipinski definition) is 6. The molecule has 0 bridgehead atoms. The van der Waals surface area contributed by atoms with Gasteiger partial charge in [-0.15, -0.1) is 5.10 Å². The van der Waals surface area contributed by atoms with Crippen LogP contribution >= 0.6 is 0 Å². The van der Waals surface area contributed by atoms with Crippen LogP contribution in [0.5, 0.6) is 0 Å². The first-order chi connectivity index (χ1) is 10.7. The zero-order valence-corrected chi connectivity index (χ0v) is 12.6. The Labute approximate surface area is 129 Å². The van der Waals surface area contributed by atoms with Crippen LogP contribution in [0.1, 0.15) is 31.5 Å². The van der Waals surface area contributed by atoms with Crippen LogP contribution in [0.2, 0.25) is 0 Å². The summed E-state index contributed by atoms with van der Waals surface area (Å²) in [7, 11) is 0. The molecule has 1 aliphatic heterocycles. The minimum absolute atomic E-state index is 0.0366. The minimum atomic E-state index is -0.0696. The number of aromatic amines is 1. The predicted molar refractivity (Wildman–Crippen MR) is 78.9 cm³/mol. The van der Waals surface area contributed by atoms with Crippen molar-refractivity contribution < 1.29 is 14.3 Å². The fraction of sp³-hybridized carbons (Fsp3) is 0.786. The number of ether oxygens (including phenoxy) is 2. The molecule has 2 heterocycles. The van der Waals surface area contributed by atoms with E-state index < -0.39 is 0 Å². The summed E-state index contributed by atoms with van der Waals surface area (Å²) in [6.45, 7) is 2.00. The van der Waals surface area contributed by atoms with E-state index in [1.165, 1.54) is 12.8 Å². The average Bonchev–Trinajstić information content (AvgIpc) is 3.25. The van der Waals surface area contributed by atoms with E-state index in [0.29, 0.717) is 31.9 Å². The van der Waals surface area contributed by atoms with Crippen molar-refractivity contribution in [1.29, 1.82) is 0 Å². The van der Waals surface area contributed by atoms with Crippen LogP contribution in [0.15, 0.2) is 0 Å². The number of nitrogen functional groups attached to an aromatic ring is 1. The number of nitrogens with one attached hydrogen (secondary N) is 2. The average molecular weight is 309 g/mol. The minimum Gasteiger partial charge on any atom is -0.379 e. The molecule has 1 amide bonds. The SMILES string of the molecule is Nc1n[nH]c(CCC(=O)N[C@@H]2COCC[C@@H]2OCC2CC2)n1. The summed E-state index contributed by atoms with van der Waals surface area (Å²) in [6.07, 6.45) is 4.23. The predicted octanol–water partition coefficient (Wildman–Crippen LogP) is 0.0198. The summed E-state index contributed by atoms with van der Waals surface area (Å²) in [5.41, 5.74) is 5.43. The molecule has 2 fully saturated rings. The maximum atomic E-state index is 12.1. The highest BCUT2D eigenvalue weighted by Crippen LogP contribution is 2.30. The van der Waals surface area contributed by atoms with Gasteiger partial charge in [0.2, 0.25) is 11.9 Å². The van der Waals surface area contributed by atoms with Crippen LogP contribution in [-0.4, -0.2) is 53.1 Å². The van der Waals surface area contributed by atoms with Crippen LogP contribution in [0.4, 0.5) is 5.95 Å². The van der Waals surface area contributed by atoms with Gasteiger partial charge < -0.3 is 20.5 Å². The van der Waals surface area contributed by atoms with Gasteiger partial charge in [-0.3, -0.25) is 9.89 Å². The number of carbonyl (C=O) groups is 1. The first-order valence-electron chi connectivity index (χ1n) is 7.86. The Balaban J connectivity index is 1.43. The van der Waals surface area contributed by atoms with Gasteiger partial charge in [0.15, 0.2) is 0 Å². The van der Waals surface area contributed by atoms with Gasteiger partial charge in [-0.25, -0.2) is 0 Å². The number of carbonyl (C=O) groups excluding carboxylic acids is 1. The van der Waals surface area contributed by atoms with Crippen molar-refractivity contribution in [3.63, 3.8) is 0 Å². The lowest BCUT2D eigenvalue weighted by Gasteiger charge is -2.32. The number of H-pyrrole nitrogens is 1. The van der Waals surface area contributed by atoms with Crippen LogP contribution in [0.25, 0.3) is 0 Å². The molecule has 22 heavy (non-hydrogen) atoms. The highest BCUT2D eigenvalue weighted by Gasteiger charge is 2.30. The zero-order chi connectivity index (χ0) is 15.4. The van der Waals surface area contributed by atoms with Gasteiger partial charge in [0, 0.05) is 26.1 Å². The van der Waals surface area contributed by atoms with Crippen LogP contribution in [-0.2, 0) is 20.7 Å². The molecule has 1 saturated heterocycles. The monoisotopic (exact) mass is 309 g/mol. The Morgan fingerprint density at radius 3 is 3.05 bits per heavy atom. The summed E-state index contributed by atoms with van der Waals surface area (Å²) >= 11 is 0. The summed E-state index contributed by atoms with van der Waals surface area (Å²) < 4.78 is 11.4. The molecule has 1 aromatic rings. The molecule has 0 aromatic carbocycles. The lowest BCUT2D eigenvalue weighted by atomic mass is 10.1. The van der Waals surface area contributed by atoms with Crippen molar-refractivity contribution >= 4 is 11.9 Å². The summed E-state index contributed by atoms with van der Waals surface area (Å²) in [6, 6.07) is -0.0696. The zero-order valence-electron chi connectivity index (χ0n) is 12.6. The van der Waals surface area contributed by atoms with Crippen LogP contribution in [0, 0.1) is 5.92 Å². The van der Waals surface area contributed by atoms with Crippen LogP contribution in [0.3, 0.4) is 0 Å². The number of nitrogens with zero attached hydrogens (tertiary/aromatic N) is 2. The van der Waals surface area contributed by atoms with E-state index in [1.807, 2.05) is 0 Å². The summed E-state index contributed by atoms with van der Waals surface area (Å²) in [5.74, 6) is 1.50. The number of anilines is 1. The van der Waals surface area contributed by atoms with Gasteiger partial charge in [0.25, 0.3) is 0 Å². The second kappa shape index (κ2) is 7.06. The van der Waals surface area contributed by atoms with Crippen molar-refractivity contribution in [2.45, 2.75) is 44.2 Å². The molecule has 8 heteroatoms. The van der Waals surface area contributed by atoms with Crippen molar-refractivity contribution in [1.82, 2.24) is 20.5 Å². The van der Waals surface area contributed by atoms with E-state index >= 15 is 0 Å². The molecule has 0 radical (unpaired) electrons. The van der Waals surface area contributed by atoms with E-state index in [-0.39, 0.29) is 24.0 Å². The van der Waals surface area contributed by atoms with Crippen molar-refractivity contribution in [3.05, 3.63) is 5.82 Å². The molecule has 3 rings (SSSR count). The largest absolute Gasteiger partial charge is 0.379 e. The second-order valence-electron chi connectivity index (χ2n) is 5.99. The smallest absolute Gasteiger partial charge is 0.239 e. The molecular formula is C14H23N5O3. The van der Waals surface area contributed by atoms with E-state index in [4.69, 9.17) is 15.2 Å². The lowest BCUT2D eigenvalue weighted by Crippen LogP contribution is -2.50. The Kier molecular flexibility index (Phi) is 4.89. The number of nitrogens with two attached hydrogens (primary N) is 1. The molecule has 2 atom stereocenters. The van der Waals surface area contributed by atoms with Gasteiger partial charge in [-0.1, -0.05) is 0 Å². The Bertz CT molecular complexity index is 502. The first-order valence-corrected chi connectivity index (χ1v) is 7.86. The Morgan fingerprint density at radius 1 is 1.45 bits per heavy atom. The van der Waals surface area contributed by atoms with Crippen molar-refractivity contribution in [3.8, 4) is 0 Å². The maximum absolute atomic E-state index is 12.1. The van der Waals surface area contributed by atoms with E-state index in [9.17, 15) is 4.79 Å².